The Morgan fingerprint density at radius 2 is 1.57 bits per heavy atom. The highest BCUT2D eigenvalue weighted by atomic mass is 16.2. The van der Waals surface area contributed by atoms with Crippen molar-refractivity contribution < 1.29 is 9.59 Å². The van der Waals surface area contributed by atoms with E-state index >= 15 is 0 Å². The largest absolute Gasteiger partial charge is 0.345 e. The molecular formula is C23H31N3O2. The summed E-state index contributed by atoms with van der Waals surface area (Å²) >= 11 is 0. The highest BCUT2D eigenvalue weighted by Gasteiger charge is 2.32. The van der Waals surface area contributed by atoms with Crippen LogP contribution in [-0.4, -0.2) is 24.9 Å². The van der Waals surface area contributed by atoms with Crippen LogP contribution in [0.3, 0.4) is 0 Å². The van der Waals surface area contributed by atoms with E-state index in [4.69, 9.17) is 0 Å². The molecule has 5 heteroatoms. The van der Waals surface area contributed by atoms with Crippen molar-refractivity contribution in [2.75, 3.05) is 18.4 Å². The van der Waals surface area contributed by atoms with E-state index in [1.165, 1.54) is 6.92 Å². The van der Waals surface area contributed by atoms with Gasteiger partial charge in [0.1, 0.15) is 0 Å². The van der Waals surface area contributed by atoms with Crippen LogP contribution < -0.4 is 16.0 Å². The summed E-state index contributed by atoms with van der Waals surface area (Å²) in [7, 11) is 0. The lowest BCUT2D eigenvalue weighted by Gasteiger charge is -2.32. The van der Waals surface area contributed by atoms with E-state index in [9.17, 15) is 9.59 Å². The molecule has 2 aromatic rings. The van der Waals surface area contributed by atoms with E-state index in [-0.39, 0.29) is 23.8 Å². The van der Waals surface area contributed by atoms with Crippen LogP contribution in [0, 0.1) is 0 Å². The predicted molar refractivity (Wildman–Crippen MR) is 114 cm³/mol. The summed E-state index contributed by atoms with van der Waals surface area (Å²) in [5.74, 6) is -0.108. The Bertz CT molecular complexity index is 785. The average molecular weight is 382 g/mol. The van der Waals surface area contributed by atoms with E-state index < -0.39 is 0 Å². The number of benzene rings is 2. The predicted octanol–water partition coefficient (Wildman–Crippen LogP) is 3.97. The molecule has 0 saturated carbocycles. The standard InChI is InChI=1S/C19H20N2O2.C4H11N/c1-3-15-16-6-4-5-7-17(16)18(21-19(15)23)13-8-10-14(11-9-13)20-12(2)22;1-3-5-4-2/h4-11,15,18H,3H2,1-2H3,(H,20,22)(H,21,23);5H,3-4H2,1-2H3. The number of fused-ring (bicyclic) bond motifs is 1. The SMILES string of the molecule is CCC1C(=O)NC(c2ccc(NC(C)=O)cc2)c2ccccc21.CCNCC. The van der Waals surface area contributed by atoms with Gasteiger partial charge in [0.2, 0.25) is 11.8 Å². The Kier molecular flexibility index (Phi) is 8.20. The van der Waals surface area contributed by atoms with Crippen molar-refractivity contribution in [2.45, 2.75) is 46.1 Å². The molecule has 0 fully saturated rings. The van der Waals surface area contributed by atoms with E-state index in [2.05, 4.69) is 35.9 Å². The van der Waals surface area contributed by atoms with Crippen molar-refractivity contribution in [1.82, 2.24) is 10.6 Å². The molecule has 2 atom stereocenters. The molecule has 28 heavy (non-hydrogen) atoms. The van der Waals surface area contributed by atoms with Crippen molar-refractivity contribution in [3.05, 3.63) is 65.2 Å². The van der Waals surface area contributed by atoms with Crippen molar-refractivity contribution in [3.63, 3.8) is 0 Å². The van der Waals surface area contributed by atoms with Gasteiger partial charge in [-0.05, 0) is 48.3 Å². The molecule has 0 saturated heterocycles. The first-order valence-electron chi connectivity index (χ1n) is 9.99. The topological polar surface area (TPSA) is 70.2 Å². The molecule has 3 N–H and O–H groups in total. The Morgan fingerprint density at radius 3 is 2.07 bits per heavy atom. The second kappa shape index (κ2) is 10.6. The minimum absolute atomic E-state index is 0.0714. The zero-order valence-electron chi connectivity index (χ0n) is 17.2. The van der Waals surface area contributed by atoms with E-state index in [1.54, 1.807) is 0 Å². The minimum atomic E-state index is -0.145. The summed E-state index contributed by atoms with van der Waals surface area (Å²) in [5.41, 5.74) is 4.01. The van der Waals surface area contributed by atoms with Crippen LogP contribution in [0.5, 0.6) is 0 Å². The van der Waals surface area contributed by atoms with Crippen LogP contribution in [-0.2, 0) is 9.59 Å². The van der Waals surface area contributed by atoms with Crippen LogP contribution in [0.1, 0.15) is 62.8 Å². The average Bonchev–Trinajstić information content (AvgIpc) is 2.69. The van der Waals surface area contributed by atoms with Crippen LogP contribution in [0.2, 0.25) is 0 Å². The zero-order chi connectivity index (χ0) is 20.5. The Balaban J connectivity index is 0.000000500. The van der Waals surface area contributed by atoms with Gasteiger partial charge in [-0.15, -0.1) is 0 Å². The lowest BCUT2D eigenvalue weighted by atomic mass is 9.82. The van der Waals surface area contributed by atoms with Gasteiger partial charge in [-0.2, -0.15) is 0 Å². The molecule has 2 unspecified atom stereocenters. The molecule has 1 aliphatic heterocycles. The lowest BCUT2D eigenvalue weighted by molar-refractivity contribution is -0.123. The van der Waals surface area contributed by atoms with Gasteiger partial charge in [-0.1, -0.05) is 57.2 Å². The third-order valence-electron chi connectivity index (χ3n) is 4.76. The number of anilines is 1. The summed E-state index contributed by atoms with van der Waals surface area (Å²) in [6.45, 7) is 9.90. The fourth-order valence-electron chi connectivity index (χ4n) is 3.43. The molecule has 2 aromatic carbocycles. The van der Waals surface area contributed by atoms with Gasteiger partial charge in [-0.3, -0.25) is 9.59 Å². The number of carbonyl (C=O) groups excluding carboxylic acids is 2. The van der Waals surface area contributed by atoms with Crippen LogP contribution in [0.15, 0.2) is 48.5 Å². The first-order chi connectivity index (χ1) is 13.5. The van der Waals surface area contributed by atoms with E-state index in [1.807, 2.05) is 49.4 Å². The van der Waals surface area contributed by atoms with E-state index in [0.717, 1.165) is 41.9 Å². The summed E-state index contributed by atoms with van der Waals surface area (Å²) < 4.78 is 0. The molecule has 5 nitrogen and oxygen atoms in total. The van der Waals surface area contributed by atoms with Crippen LogP contribution in [0.25, 0.3) is 0 Å². The Hall–Kier alpha value is -2.66. The molecule has 3 rings (SSSR count). The van der Waals surface area contributed by atoms with Crippen molar-refractivity contribution in [1.29, 1.82) is 0 Å². The van der Waals surface area contributed by atoms with Crippen molar-refractivity contribution in [3.8, 4) is 0 Å². The second-order valence-corrected chi connectivity index (χ2v) is 6.79. The third-order valence-corrected chi connectivity index (χ3v) is 4.76. The van der Waals surface area contributed by atoms with Gasteiger partial charge in [0.05, 0.1) is 12.0 Å². The third kappa shape index (κ3) is 5.42. The van der Waals surface area contributed by atoms with Gasteiger partial charge in [0, 0.05) is 12.6 Å². The molecule has 1 heterocycles. The first kappa shape index (κ1) is 21.6. The van der Waals surface area contributed by atoms with Gasteiger partial charge in [0.15, 0.2) is 0 Å². The van der Waals surface area contributed by atoms with Crippen molar-refractivity contribution >= 4 is 17.5 Å². The fourth-order valence-corrected chi connectivity index (χ4v) is 3.43. The summed E-state index contributed by atoms with van der Waals surface area (Å²) in [4.78, 5) is 23.5. The van der Waals surface area contributed by atoms with E-state index in [0.29, 0.717) is 0 Å². The lowest BCUT2D eigenvalue weighted by Crippen LogP contribution is -2.38. The summed E-state index contributed by atoms with van der Waals surface area (Å²) in [6, 6.07) is 15.6. The maximum atomic E-state index is 12.4. The van der Waals surface area contributed by atoms with Crippen LogP contribution in [0.4, 0.5) is 5.69 Å². The van der Waals surface area contributed by atoms with Gasteiger partial charge in [-0.25, -0.2) is 0 Å². The molecule has 0 aliphatic carbocycles. The quantitative estimate of drug-likeness (QED) is 0.734. The normalized spacial score (nSPS) is 17.6. The molecule has 150 valence electrons. The number of carbonyl (C=O) groups is 2. The number of nitrogens with one attached hydrogen (secondary N) is 3. The number of hydrogen-bond acceptors (Lipinski definition) is 3. The smallest absolute Gasteiger partial charge is 0.228 e. The molecule has 2 amide bonds. The number of hydrogen-bond donors (Lipinski definition) is 3. The number of amides is 2. The molecule has 1 aliphatic rings. The Labute approximate surface area is 167 Å². The summed E-state index contributed by atoms with van der Waals surface area (Å²) in [5, 5.41) is 8.99. The molecule has 0 radical (unpaired) electrons. The molecule has 0 aromatic heterocycles. The number of rotatable bonds is 5. The molecular weight excluding hydrogens is 350 g/mol. The second-order valence-electron chi connectivity index (χ2n) is 6.79. The highest BCUT2D eigenvalue weighted by molar-refractivity contribution is 5.89. The monoisotopic (exact) mass is 381 g/mol. The minimum Gasteiger partial charge on any atom is -0.345 e. The van der Waals surface area contributed by atoms with Crippen molar-refractivity contribution in [2.24, 2.45) is 0 Å². The Morgan fingerprint density at radius 1 is 0.964 bits per heavy atom. The van der Waals surface area contributed by atoms with Gasteiger partial charge in [0.25, 0.3) is 0 Å². The molecule has 0 spiro atoms. The maximum Gasteiger partial charge on any atom is 0.228 e. The summed E-state index contributed by atoms with van der Waals surface area (Å²) in [6.07, 6.45) is 0.789. The highest BCUT2D eigenvalue weighted by Crippen LogP contribution is 2.36. The van der Waals surface area contributed by atoms with Crippen LogP contribution >= 0.6 is 0 Å². The fraction of sp³-hybridized carbons (Fsp3) is 0.391. The molecule has 0 bridgehead atoms. The zero-order valence-corrected chi connectivity index (χ0v) is 17.2. The van der Waals surface area contributed by atoms with Gasteiger partial charge < -0.3 is 16.0 Å². The first-order valence-corrected chi connectivity index (χ1v) is 9.99. The van der Waals surface area contributed by atoms with Gasteiger partial charge >= 0.3 is 0 Å². The maximum absolute atomic E-state index is 12.4.